The van der Waals surface area contributed by atoms with Gasteiger partial charge in [0, 0.05) is 25.4 Å². The standard InChI is InChI=1S/C48H79N15O9/c1-30(12-5-8-22-49)58-46(71)38(27-32-18-20-33(64)21-19-32)62-44(69)36(15-6-9-23-50)59-41(66)29-57-43(68)35(17-11-25-56-48(54)55)61-47(72)39(26-31-13-3-2-4-14-31)63-45(70)37(16-7-10-24-51)60-42(67)34(52)28-40(53)65/h2-4,13-14,18-21,30,34-39,64H,5-12,15-17,22-29,49-52H2,1H3,(H2,53,65)(H,57,68)(H,58,71)(H,59,66)(H,60,67)(H,61,72)(H,62,69)(H,63,70)(H4,54,55,56). The molecule has 7 atom stereocenters. The fourth-order valence-electron chi connectivity index (χ4n) is 7.38. The van der Waals surface area contributed by atoms with E-state index >= 15 is 0 Å². The van der Waals surface area contributed by atoms with E-state index in [1.54, 1.807) is 42.5 Å². The van der Waals surface area contributed by atoms with E-state index in [1.807, 2.05) is 6.92 Å². The molecule has 7 unspecified atom stereocenters. The Labute approximate surface area is 421 Å². The lowest BCUT2D eigenvalue weighted by atomic mass is 10.0. The molecule has 24 heteroatoms. The van der Waals surface area contributed by atoms with Crippen molar-refractivity contribution in [2.45, 2.75) is 139 Å². The van der Waals surface area contributed by atoms with Crippen molar-refractivity contribution >= 4 is 53.2 Å². The smallest absolute Gasteiger partial charge is 0.243 e. The van der Waals surface area contributed by atoms with Gasteiger partial charge >= 0.3 is 0 Å². The summed E-state index contributed by atoms with van der Waals surface area (Å²) in [6.07, 6.45) is 4.06. The van der Waals surface area contributed by atoms with Gasteiger partial charge in [0.05, 0.1) is 19.0 Å². The molecule has 0 aromatic heterocycles. The molecule has 0 spiro atoms. The summed E-state index contributed by atoms with van der Waals surface area (Å²) >= 11 is 0. The zero-order valence-corrected chi connectivity index (χ0v) is 41.4. The van der Waals surface area contributed by atoms with E-state index in [4.69, 9.17) is 40.1 Å². The lowest BCUT2D eigenvalue weighted by Crippen LogP contribution is -2.59. The molecule has 0 saturated carbocycles. The van der Waals surface area contributed by atoms with Crippen LogP contribution < -0.4 is 77.4 Å². The first-order chi connectivity index (χ1) is 34.4. The third-order valence-corrected chi connectivity index (χ3v) is 11.3. The number of primary amides is 1. The second-order valence-corrected chi connectivity index (χ2v) is 17.6. The summed E-state index contributed by atoms with van der Waals surface area (Å²) in [6.45, 7) is 2.42. The summed E-state index contributed by atoms with van der Waals surface area (Å²) in [5, 5.41) is 28.7. The van der Waals surface area contributed by atoms with Gasteiger partial charge in [-0.1, -0.05) is 48.9 Å². The Morgan fingerprint density at radius 1 is 0.528 bits per heavy atom. The maximum absolute atomic E-state index is 14.2. The second-order valence-electron chi connectivity index (χ2n) is 17.6. The Bertz CT molecular complexity index is 2040. The molecular formula is C48H79N15O9. The van der Waals surface area contributed by atoms with Crippen LogP contribution in [0, 0.1) is 0 Å². The van der Waals surface area contributed by atoms with Crippen molar-refractivity contribution in [1.29, 1.82) is 0 Å². The largest absolute Gasteiger partial charge is 0.508 e. The van der Waals surface area contributed by atoms with Gasteiger partial charge in [0.15, 0.2) is 5.96 Å². The lowest BCUT2D eigenvalue weighted by Gasteiger charge is -2.26. The number of guanidine groups is 1. The van der Waals surface area contributed by atoms with E-state index < -0.39 is 96.5 Å². The molecule has 0 radical (unpaired) electrons. The van der Waals surface area contributed by atoms with Gasteiger partial charge in [-0.3, -0.25) is 43.3 Å². The molecule has 0 heterocycles. The summed E-state index contributed by atoms with van der Waals surface area (Å²) in [7, 11) is 0. The van der Waals surface area contributed by atoms with Gasteiger partial charge in [-0.2, -0.15) is 0 Å². The number of hydrogen-bond donors (Lipinski definition) is 15. The van der Waals surface area contributed by atoms with Crippen LogP contribution in [-0.2, 0) is 51.2 Å². The number of benzene rings is 2. The van der Waals surface area contributed by atoms with Crippen LogP contribution >= 0.6 is 0 Å². The fourth-order valence-corrected chi connectivity index (χ4v) is 7.38. The van der Waals surface area contributed by atoms with Gasteiger partial charge < -0.3 is 82.5 Å². The SMILES string of the molecule is CC(CCCCN)NC(=O)C(Cc1ccc(O)cc1)NC(=O)C(CCCCN)NC(=O)CNC(=O)C(CCCN=C(N)N)NC(=O)C(Cc1ccccc1)NC(=O)C(CCCCN)NC(=O)C(N)CC(N)=O. The molecule has 8 amide bonds. The van der Waals surface area contributed by atoms with Crippen molar-refractivity contribution in [3.8, 4) is 5.75 Å². The highest BCUT2D eigenvalue weighted by molar-refractivity contribution is 5.97. The quantitative estimate of drug-likeness (QED) is 0.0182. The van der Waals surface area contributed by atoms with Crippen molar-refractivity contribution in [3.05, 3.63) is 65.7 Å². The summed E-state index contributed by atoms with van der Waals surface area (Å²) < 4.78 is 0. The number of unbranched alkanes of at least 4 members (excludes halogenated alkanes) is 3. The Hall–Kier alpha value is -6.89. The van der Waals surface area contributed by atoms with Crippen molar-refractivity contribution < 1.29 is 43.5 Å². The van der Waals surface area contributed by atoms with E-state index in [0.29, 0.717) is 62.9 Å². The minimum Gasteiger partial charge on any atom is -0.508 e. The summed E-state index contributed by atoms with van der Waals surface area (Å²) in [5.41, 5.74) is 40.4. The third-order valence-electron chi connectivity index (χ3n) is 11.3. The van der Waals surface area contributed by atoms with Gasteiger partial charge in [0.1, 0.15) is 36.0 Å². The number of carbonyl (C=O) groups is 8. The molecule has 400 valence electrons. The van der Waals surface area contributed by atoms with E-state index in [9.17, 15) is 43.5 Å². The van der Waals surface area contributed by atoms with Gasteiger partial charge in [0.25, 0.3) is 0 Å². The number of aliphatic imine (C=N–C) groups is 1. The zero-order valence-electron chi connectivity index (χ0n) is 41.4. The number of aromatic hydroxyl groups is 1. The molecular weight excluding hydrogens is 931 g/mol. The predicted octanol–water partition coefficient (Wildman–Crippen LogP) is -3.13. The molecule has 0 fully saturated rings. The topological polar surface area (TPSA) is 435 Å². The molecule has 2 aromatic rings. The van der Waals surface area contributed by atoms with E-state index in [1.165, 1.54) is 12.1 Å². The summed E-state index contributed by atoms with van der Waals surface area (Å²) in [5.74, 6) is -6.01. The van der Waals surface area contributed by atoms with Gasteiger partial charge in [-0.15, -0.1) is 0 Å². The molecule has 0 saturated heterocycles. The van der Waals surface area contributed by atoms with Crippen LogP contribution in [0.5, 0.6) is 5.75 Å². The first-order valence-electron chi connectivity index (χ1n) is 24.5. The molecule has 0 aliphatic heterocycles. The Kier molecular flexibility index (Phi) is 29.3. The van der Waals surface area contributed by atoms with Crippen LogP contribution in [0.4, 0.5) is 0 Å². The van der Waals surface area contributed by atoms with Gasteiger partial charge in [-0.25, -0.2) is 0 Å². The maximum Gasteiger partial charge on any atom is 0.243 e. The highest BCUT2D eigenvalue weighted by Crippen LogP contribution is 2.14. The number of amides is 8. The number of phenolic OH excluding ortho intramolecular Hbond substituents is 1. The minimum absolute atomic E-state index is 0.0249. The fraction of sp³-hybridized carbons (Fsp3) is 0.562. The van der Waals surface area contributed by atoms with Gasteiger partial charge in [-0.05, 0) is 114 Å². The Balaban J connectivity index is 2.35. The first kappa shape index (κ1) is 61.2. The maximum atomic E-state index is 14.2. The average Bonchev–Trinajstić information content (AvgIpc) is 3.33. The zero-order chi connectivity index (χ0) is 53.4. The molecule has 2 aromatic carbocycles. The van der Waals surface area contributed by atoms with Crippen molar-refractivity contribution in [2.75, 3.05) is 32.7 Å². The number of phenols is 1. The number of nitrogens with two attached hydrogens (primary N) is 7. The van der Waals surface area contributed by atoms with E-state index in [2.05, 4.69) is 42.2 Å². The number of nitrogens with zero attached hydrogens (tertiary/aromatic N) is 1. The van der Waals surface area contributed by atoms with Crippen LogP contribution in [-0.4, -0.2) is 133 Å². The first-order valence-corrected chi connectivity index (χ1v) is 24.5. The lowest BCUT2D eigenvalue weighted by molar-refractivity contribution is -0.134. The van der Waals surface area contributed by atoms with Crippen molar-refractivity contribution in [2.24, 2.45) is 45.1 Å². The van der Waals surface area contributed by atoms with Crippen molar-refractivity contribution in [3.63, 3.8) is 0 Å². The molecule has 0 aliphatic rings. The Morgan fingerprint density at radius 2 is 0.972 bits per heavy atom. The number of carbonyl (C=O) groups excluding carboxylic acids is 8. The molecule has 22 N–H and O–H groups in total. The summed E-state index contributed by atoms with van der Waals surface area (Å²) in [6, 6.07) is 7.28. The van der Waals surface area contributed by atoms with Crippen LogP contribution in [0.25, 0.3) is 0 Å². The molecule has 0 bridgehead atoms. The number of nitrogens with one attached hydrogen (secondary N) is 7. The van der Waals surface area contributed by atoms with Crippen LogP contribution in [0.15, 0.2) is 59.6 Å². The monoisotopic (exact) mass is 1010 g/mol. The van der Waals surface area contributed by atoms with E-state index in [-0.39, 0.29) is 62.8 Å². The Morgan fingerprint density at radius 3 is 1.50 bits per heavy atom. The summed E-state index contributed by atoms with van der Waals surface area (Å²) in [4.78, 5) is 111. The normalized spacial score (nSPS) is 13.8. The number of rotatable bonds is 36. The van der Waals surface area contributed by atoms with Crippen LogP contribution in [0.3, 0.4) is 0 Å². The number of hydrogen-bond acceptors (Lipinski definition) is 14. The average molecular weight is 1010 g/mol. The van der Waals surface area contributed by atoms with Crippen LogP contribution in [0.2, 0.25) is 0 Å². The van der Waals surface area contributed by atoms with Crippen LogP contribution in [0.1, 0.15) is 95.1 Å². The van der Waals surface area contributed by atoms with E-state index in [0.717, 1.165) is 12.8 Å². The highest BCUT2D eigenvalue weighted by atomic mass is 16.3. The molecule has 0 aliphatic carbocycles. The molecule has 24 nitrogen and oxygen atoms in total. The highest BCUT2D eigenvalue weighted by Gasteiger charge is 2.32. The minimum atomic E-state index is -1.34. The third kappa shape index (κ3) is 25.3. The predicted molar refractivity (Wildman–Crippen MR) is 273 cm³/mol. The van der Waals surface area contributed by atoms with Crippen molar-refractivity contribution in [1.82, 2.24) is 37.2 Å². The second kappa shape index (κ2) is 34.4. The molecule has 2 rings (SSSR count). The van der Waals surface area contributed by atoms with Gasteiger partial charge in [0.2, 0.25) is 47.3 Å². The molecule has 72 heavy (non-hydrogen) atoms.